The highest BCUT2D eigenvalue weighted by molar-refractivity contribution is 5.95. The van der Waals surface area contributed by atoms with Crippen molar-refractivity contribution in [1.82, 2.24) is 14.4 Å². The summed E-state index contributed by atoms with van der Waals surface area (Å²) in [5.41, 5.74) is 5.16. The van der Waals surface area contributed by atoms with Crippen LogP contribution in [-0.4, -0.2) is 20.2 Å². The Labute approximate surface area is 142 Å². The molecule has 0 unspecified atom stereocenters. The molecular weight excluding hydrogens is 298 g/mol. The molecule has 2 aromatic heterocycles. The van der Waals surface area contributed by atoms with Gasteiger partial charge in [0.15, 0.2) is 11.4 Å². The van der Waals surface area contributed by atoms with Gasteiger partial charge in [-0.2, -0.15) is 0 Å². The first-order valence-corrected chi connectivity index (χ1v) is 8.64. The third-order valence-electron chi connectivity index (χ3n) is 4.49. The van der Waals surface area contributed by atoms with E-state index in [9.17, 15) is 4.79 Å². The summed E-state index contributed by atoms with van der Waals surface area (Å²) in [4.78, 5) is 21.2. The van der Waals surface area contributed by atoms with Crippen LogP contribution in [0.5, 0.6) is 0 Å². The molecule has 1 aromatic carbocycles. The smallest absolute Gasteiger partial charge is 0.181 e. The molecule has 0 fully saturated rings. The van der Waals surface area contributed by atoms with E-state index in [0.29, 0.717) is 12.1 Å². The van der Waals surface area contributed by atoms with Crippen LogP contribution < -0.4 is 0 Å². The summed E-state index contributed by atoms with van der Waals surface area (Å²) in [6.07, 6.45) is 9.38. The lowest BCUT2D eigenvalue weighted by atomic mass is 9.99. The Balaban J connectivity index is 1.72. The maximum Gasteiger partial charge on any atom is 0.181 e. The topological polar surface area (TPSA) is 47.3 Å². The van der Waals surface area contributed by atoms with Crippen LogP contribution in [0.4, 0.5) is 0 Å². The van der Waals surface area contributed by atoms with Crippen LogP contribution in [0, 0.1) is 0 Å². The lowest BCUT2D eigenvalue weighted by molar-refractivity contribution is 0.0974. The molecule has 0 saturated heterocycles. The van der Waals surface area contributed by atoms with Gasteiger partial charge in [0, 0.05) is 18.3 Å². The molecule has 2 heterocycles. The van der Waals surface area contributed by atoms with Crippen LogP contribution >= 0.6 is 0 Å². The van der Waals surface area contributed by atoms with Crippen LogP contribution in [0.3, 0.4) is 0 Å². The van der Waals surface area contributed by atoms with Crippen molar-refractivity contribution in [2.24, 2.45) is 0 Å². The second-order valence-corrected chi connectivity index (χ2v) is 5.99. The number of imidazole rings is 1. The Hall–Kier alpha value is -2.49. The molecule has 3 aromatic rings. The Morgan fingerprint density at radius 2 is 1.83 bits per heavy atom. The average molecular weight is 321 g/mol. The molecule has 4 heteroatoms. The second-order valence-electron chi connectivity index (χ2n) is 5.99. The minimum Gasteiger partial charge on any atom is -0.292 e. The molecule has 0 aliphatic heterocycles. The number of aryl methyl sites for hydroxylation is 3. The number of aromatic nitrogens is 3. The van der Waals surface area contributed by atoms with Crippen molar-refractivity contribution in [2.75, 3.05) is 0 Å². The molecule has 0 radical (unpaired) electrons. The summed E-state index contributed by atoms with van der Waals surface area (Å²) < 4.78 is 1.94. The number of Topliss-reactive ketones (excluding diaryl/α,β-unsaturated/α-hetero) is 1. The number of fused-ring (bicyclic) bond motifs is 1. The Morgan fingerprint density at radius 1 is 1.04 bits per heavy atom. The fraction of sp³-hybridized carbons (Fsp3) is 0.350. The third-order valence-corrected chi connectivity index (χ3v) is 4.49. The third kappa shape index (κ3) is 3.23. The van der Waals surface area contributed by atoms with Crippen molar-refractivity contribution in [3.8, 4) is 0 Å². The van der Waals surface area contributed by atoms with E-state index in [1.54, 1.807) is 12.4 Å². The molecule has 0 bridgehead atoms. The first kappa shape index (κ1) is 16.4. The molecule has 3 rings (SSSR count). The predicted octanol–water partition coefficient (Wildman–Crippen LogP) is 4.06. The van der Waals surface area contributed by atoms with Crippen LogP contribution in [0.1, 0.15) is 54.0 Å². The lowest BCUT2D eigenvalue weighted by Gasteiger charge is -2.08. The van der Waals surface area contributed by atoms with Gasteiger partial charge in [-0.05, 0) is 36.8 Å². The van der Waals surface area contributed by atoms with Gasteiger partial charge in [-0.1, -0.05) is 38.1 Å². The number of carbonyl (C=O) groups is 1. The zero-order valence-corrected chi connectivity index (χ0v) is 14.3. The van der Waals surface area contributed by atoms with Crippen molar-refractivity contribution in [2.45, 2.75) is 46.0 Å². The highest BCUT2D eigenvalue weighted by Crippen LogP contribution is 2.16. The maximum atomic E-state index is 12.7. The van der Waals surface area contributed by atoms with Gasteiger partial charge >= 0.3 is 0 Å². The van der Waals surface area contributed by atoms with Crippen molar-refractivity contribution < 1.29 is 4.79 Å². The van der Waals surface area contributed by atoms with E-state index >= 15 is 0 Å². The minimum absolute atomic E-state index is 0.150. The molecule has 124 valence electrons. The fourth-order valence-electron chi connectivity index (χ4n) is 3.17. The number of hydrogen-bond acceptors (Lipinski definition) is 3. The molecule has 0 atom stereocenters. The van der Waals surface area contributed by atoms with Gasteiger partial charge in [-0.3, -0.25) is 14.2 Å². The summed E-state index contributed by atoms with van der Waals surface area (Å²) in [6, 6.07) is 8.48. The number of carbonyl (C=O) groups excluding carboxylic acids is 1. The number of benzene rings is 1. The van der Waals surface area contributed by atoms with Gasteiger partial charge in [-0.25, -0.2) is 4.98 Å². The molecule has 0 aliphatic rings. The highest BCUT2D eigenvalue weighted by Gasteiger charge is 2.14. The zero-order chi connectivity index (χ0) is 16.9. The molecule has 4 nitrogen and oxygen atoms in total. The van der Waals surface area contributed by atoms with E-state index in [4.69, 9.17) is 0 Å². The van der Waals surface area contributed by atoms with E-state index in [-0.39, 0.29) is 5.78 Å². The van der Waals surface area contributed by atoms with E-state index in [1.807, 2.05) is 10.6 Å². The van der Waals surface area contributed by atoms with Gasteiger partial charge in [0.25, 0.3) is 0 Å². The monoisotopic (exact) mass is 321 g/mol. The van der Waals surface area contributed by atoms with Gasteiger partial charge in [0.05, 0.1) is 12.4 Å². The molecule has 0 saturated carbocycles. The Kier molecular flexibility index (Phi) is 5.04. The van der Waals surface area contributed by atoms with Gasteiger partial charge in [-0.15, -0.1) is 0 Å². The summed E-state index contributed by atoms with van der Waals surface area (Å²) >= 11 is 0. The highest BCUT2D eigenvalue weighted by atomic mass is 16.1. The van der Waals surface area contributed by atoms with Crippen molar-refractivity contribution in [3.05, 3.63) is 65.4 Å². The number of nitrogens with zero attached hydrogens (tertiary/aromatic N) is 3. The standard InChI is InChI=1S/C20H23N3O/c1-3-15-8-5-6-9-16(15)10-7-11-19(24)18-13-22-20-14-21-12-17(4-2)23(18)20/h5-6,8-9,12-14H,3-4,7,10-11H2,1-2H3. The van der Waals surface area contributed by atoms with Gasteiger partial charge in [0.2, 0.25) is 0 Å². The lowest BCUT2D eigenvalue weighted by Crippen LogP contribution is -2.08. The van der Waals surface area contributed by atoms with Crippen LogP contribution in [0.2, 0.25) is 0 Å². The SMILES string of the molecule is CCc1ccccc1CCCC(=O)c1cnc2cncc(CC)n12. The average Bonchev–Trinajstić information content (AvgIpc) is 3.06. The van der Waals surface area contributed by atoms with Crippen molar-refractivity contribution in [3.63, 3.8) is 0 Å². The zero-order valence-electron chi connectivity index (χ0n) is 14.3. The Morgan fingerprint density at radius 3 is 2.58 bits per heavy atom. The molecule has 0 amide bonds. The predicted molar refractivity (Wildman–Crippen MR) is 95.5 cm³/mol. The summed E-state index contributed by atoms with van der Waals surface area (Å²) in [5.74, 6) is 0.150. The minimum atomic E-state index is 0.150. The van der Waals surface area contributed by atoms with E-state index in [2.05, 4.69) is 48.1 Å². The quantitative estimate of drug-likeness (QED) is 0.617. The van der Waals surface area contributed by atoms with E-state index < -0.39 is 0 Å². The Bertz CT molecular complexity index is 851. The number of rotatable bonds is 7. The normalized spacial score (nSPS) is 11.1. The molecule has 0 aliphatic carbocycles. The van der Waals surface area contributed by atoms with Gasteiger partial charge in [0.1, 0.15) is 5.69 Å². The fourth-order valence-corrected chi connectivity index (χ4v) is 3.17. The first-order chi connectivity index (χ1) is 11.7. The summed E-state index contributed by atoms with van der Waals surface area (Å²) in [5, 5.41) is 0. The van der Waals surface area contributed by atoms with Crippen LogP contribution in [0.15, 0.2) is 42.9 Å². The molecular formula is C20H23N3O. The second kappa shape index (κ2) is 7.39. The van der Waals surface area contributed by atoms with Crippen LogP contribution in [0.25, 0.3) is 5.65 Å². The number of hydrogen-bond donors (Lipinski definition) is 0. The van der Waals surface area contributed by atoms with Crippen molar-refractivity contribution >= 4 is 11.4 Å². The molecule has 0 N–H and O–H groups in total. The molecule has 0 spiro atoms. The first-order valence-electron chi connectivity index (χ1n) is 8.64. The van der Waals surface area contributed by atoms with Gasteiger partial charge < -0.3 is 0 Å². The maximum absolute atomic E-state index is 12.7. The van der Waals surface area contributed by atoms with Crippen molar-refractivity contribution in [1.29, 1.82) is 0 Å². The molecule has 24 heavy (non-hydrogen) atoms. The van der Waals surface area contributed by atoms with E-state index in [1.165, 1.54) is 11.1 Å². The largest absolute Gasteiger partial charge is 0.292 e. The summed E-state index contributed by atoms with van der Waals surface area (Å²) in [7, 11) is 0. The van der Waals surface area contributed by atoms with E-state index in [0.717, 1.165) is 37.0 Å². The van der Waals surface area contributed by atoms with Crippen LogP contribution in [-0.2, 0) is 19.3 Å². The summed E-state index contributed by atoms with van der Waals surface area (Å²) in [6.45, 7) is 4.23. The number of ketones is 1.